The highest BCUT2D eigenvalue weighted by atomic mass is 32.2. The molecule has 0 fully saturated rings. The van der Waals surface area contributed by atoms with Crippen molar-refractivity contribution >= 4 is 40.8 Å². The summed E-state index contributed by atoms with van der Waals surface area (Å²) < 4.78 is 4.92. The third kappa shape index (κ3) is 7.97. The summed E-state index contributed by atoms with van der Waals surface area (Å²) in [5.41, 5.74) is 1.21. The first-order valence-corrected chi connectivity index (χ1v) is 10.5. The third-order valence-electron chi connectivity index (χ3n) is 3.65. The van der Waals surface area contributed by atoms with E-state index in [0.717, 1.165) is 15.5 Å². The highest BCUT2D eigenvalue weighted by molar-refractivity contribution is 7.99. The first kappa shape index (κ1) is 21.2. The Morgan fingerprint density at radius 1 is 1.04 bits per heavy atom. The number of rotatable bonds is 10. The first-order chi connectivity index (χ1) is 12.9. The molecule has 0 bridgehead atoms. The zero-order chi connectivity index (χ0) is 19.6. The topological polar surface area (TPSA) is 72.5 Å². The number of thioether (sulfide) groups is 1. The number of hydrogen-bond acceptors (Lipinski definition) is 6. The third-order valence-corrected chi connectivity index (χ3v) is 5.71. The molecule has 0 saturated heterocycles. The predicted molar refractivity (Wildman–Crippen MR) is 108 cm³/mol. The maximum atomic E-state index is 11.9. The molecule has 0 aliphatic carbocycles. The lowest BCUT2D eigenvalue weighted by atomic mass is 10.2. The number of carbonyl (C=O) groups excluding carboxylic acids is 3. The minimum absolute atomic E-state index is 0.0215. The maximum Gasteiger partial charge on any atom is 0.306 e. The second kappa shape index (κ2) is 10.9. The molecule has 0 aliphatic heterocycles. The number of nitrogens with one attached hydrogen (secondary N) is 1. The Bertz CT molecular complexity index is 784. The van der Waals surface area contributed by atoms with Crippen LogP contribution in [-0.4, -0.2) is 36.6 Å². The van der Waals surface area contributed by atoms with Gasteiger partial charge in [-0.3, -0.25) is 14.4 Å². The Hall–Kier alpha value is -2.12. The number of aryl methyl sites for hydroxylation is 2. The lowest BCUT2D eigenvalue weighted by molar-refractivity contribution is -0.148. The van der Waals surface area contributed by atoms with Gasteiger partial charge in [-0.15, -0.1) is 23.1 Å². The average molecular weight is 406 g/mol. The molecular formula is C20H23NO4S2. The van der Waals surface area contributed by atoms with Gasteiger partial charge in [-0.25, -0.2) is 0 Å². The number of carbonyl (C=O) groups is 3. The summed E-state index contributed by atoms with van der Waals surface area (Å²) in [7, 11) is 0. The summed E-state index contributed by atoms with van der Waals surface area (Å²) in [5, 5.41) is 2.71. The Morgan fingerprint density at radius 2 is 1.78 bits per heavy atom. The van der Waals surface area contributed by atoms with Crippen molar-refractivity contribution in [3.05, 3.63) is 51.7 Å². The number of hydrogen-bond donors (Lipinski definition) is 1. The van der Waals surface area contributed by atoms with E-state index in [4.69, 9.17) is 4.74 Å². The minimum Gasteiger partial charge on any atom is -0.456 e. The van der Waals surface area contributed by atoms with E-state index in [1.165, 1.54) is 16.9 Å². The van der Waals surface area contributed by atoms with Crippen molar-refractivity contribution in [3.8, 4) is 0 Å². The van der Waals surface area contributed by atoms with Gasteiger partial charge in [0.1, 0.15) is 0 Å². The van der Waals surface area contributed by atoms with E-state index in [9.17, 15) is 14.4 Å². The molecule has 5 nitrogen and oxygen atoms in total. The molecule has 0 radical (unpaired) electrons. The maximum absolute atomic E-state index is 11.9. The van der Waals surface area contributed by atoms with Crippen molar-refractivity contribution in [2.75, 3.05) is 18.9 Å². The molecule has 1 aromatic carbocycles. The summed E-state index contributed by atoms with van der Waals surface area (Å²) in [6.45, 7) is 4.13. The Kier molecular flexibility index (Phi) is 8.54. The fraction of sp³-hybridized carbons (Fsp3) is 0.350. The molecule has 1 aromatic heterocycles. The molecule has 2 rings (SSSR count). The van der Waals surface area contributed by atoms with Gasteiger partial charge in [0.05, 0.1) is 11.3 Å². The lowest BCUT2D eigenvalue weighted by Crippen LogP contribution is -2.30. The molecular weight excluding hydrogens is 382 g/mol. The van der Waals surface area contributed by atoms with Gasteiger partial charge in [0.2, 0.25) is 0 Å². The zero-order valence-electron chi connectivity index (χ0n) is 15.4. The van der Waals surface area contributed by atoms with Crippen LogP contribution in [0.4, 0.5) is 0 Å². The van der Waals surface area contributed by atoms with E-state index in [1.807, 2.05) is 44.2 Å². The van der Waals surface area contributed by atoms with Gasteiger partial charge in [-0.05, 0) is 38.1 Å². The van der Waals surface area contributed by atoms with Crippen molar-refractivity contribution in [2.45, 2.75) is 31.6 Å². The van der Waals surface area contributed by atoms with Crippen molar-refractivity contribution in [3.63, 3.8) is 0 Å². The molecule has 0 aliphatic rings. The van der Waals surface area contributed by atoms with Crippen LogP contribution in [0, 0.1) is 13.8 Å². The molecule has 0 saturated carbocycles. The van der Waals surface area contributed by atoms with Crippen molar-refractivity contribution in [2.24, 2.45) is 0 Å². The van der Waals surface area contributed by atoms with Gasteiger partial charge in [-0.1, -0.05) is 17.7 Å². The van der Waals surface area contributed by atoms with E-state index in [0.29, 0.717) is 11.4 Å². The number of esters is 1. The normalized spacial score (nSPS) is 10.4. The number of amides is 1. The van der Waals surface area contributed by atoms with Crippen molar-refractivity contribution in [1.82, 2.24) is 5.32 Å². The van der Waals surface area contributed by atoms with Crippen LogP contribution >= 0.6 is 23.1 Å². The second-order valence-electron chi connectivity index (χ2n) is 6.01. The lowest BCUT2D eigenvalue weighted by Gasteiger charge is -2.06. The molecule has 1 N–H and O–H groups in total. The number of ketones is 1. The Labute approximate surface area is 167 Å². The highest BCUT2D eigenvalue weighted by Crippen LogP contribution is 2.18. The average Bonchev–Trinajstić information content (AvgIpc) is 3.09. The Balaban J connectivity index is 1.55. The van der Waals surface area contributed by atoms with Crippen molar-refractivity contribution in [1.29, 1.82) is 0 Å². The molecule has 0 unspecified atom stereocenters. The monoisotopic (exact) mass is 405 g/mol. The summed E-state index contributed by atoms with van der Waals surface area (Å²) in [6.07, 6.45) is 0.0694. The smallest absolute Gasteiger partial charge is 0.306 e. The van der Waals surface area contributed by atoms with Crippen LogP contribution in [0.1, 0.15) is 33.0 Å². The SMILES string of the molecule is Cc1ccc(SCCNC(=O)COC(=O)CCC(=O)c2ccc(C)s2)cc1. The fourth-order valence-corrected chi connectivity index (χ4v) is 3.79. The van der Waals surface area contributed by atoms with Crippen LogP contribution < -0.4 is 5.32 Å². The summed E-state index contributed by atoms with van der Waals surface area (Å²) >= 11 is 3.06. The molecule has 7 heteroatoms. The van der Waals surface area contributed by atoms with E-state index in [1.54, 1.807) is 17.8 Å². The summed E-state index contributed by atoms with van der Waals surface area (Å²) in [4.78, 5) is 38.2. The van der Waals surface area contributed by atoms with Crippen molar-refractivity contribution < 1.29 is 19.1 Å². The number of benzene rings is 1. The van der Waals surface area contributed by atoms with Crippen LogP contribution in [0.3, 0.4) is 0 Å². The van der Waals surface area contributed by atoms with Gasteiger partial charge in [0, 0.05) is 28.5 Å². The number of ether oxygens (including phenoxy) is 1. The molecule has 1 amide bonds. The quantitative estimate of drug-likeness (QED) is 0.282. The highest BCUT2D eigenvalue weighted by Gasteiger charge is 2.13. The van der Waals surface area contributed by atoms with Gasteiger partial charge < -0.3 is 10.1 Å². The molecule has 2 aromatic rings. The van der Waals surface area contributed by atoms with Gasteiger partial charge in [-0.2, -0.15) is 0 Å². The molecule has 0 spiro atoms. The van der Waals surface area contributed by atoms with Gasteiger partial charge >= 0.3 is 5.97 Å². The first-order valence-electron chi connectivity index (χ1n) is 8.65. The number of Topliss-reactive ketones (excluding diaryl/α,β-unsaturated/α-hetero) is 1. The molecule has 27 heavy (non-hydrogen) atoms. The summed E-state index contributed by atoms with van der Waals surface area (Å²) in [5.74, 6) is -0.228. The van der Waals surface area contributed by atoms with E-state index < -0.39 is 5.97 Å². The number of thiophene rings is 1. The minimum atomic E-state index is -0.541. The van der Waals surface area contributed by atoms with E-state index in [2.05, 4.69) is 5.32 Å². The molecule has 1 heterocycles. The standard InChI is InChI=1S/C20H23NO4S2/c1-14-3-6-16(7-4-14)26-12-11-21-19(23)13-25-20(24)10-8-17(22)18-9-5-15(2)27-18/h3-7,9H,8,10-13H2,1-2H3,(H,21,23). The van der Waals surface area contributed by atoms with Crippen LogP contribution in [0.25, 0.3) is 0 Å². The van der Waals surface area contributed by atoms with E-state index in [-0.39, 0.29) is 31.1 Å². The molecule has 0 atom stereocenters. The summed E-state index contributed by atoms with van der Waals surface area (Å²) in [6, 6.07) is 11.8. The fourth-order valence-electron chi connectivity index (χ4n) is 2.19. The second-order valence-corrected chi connectivity index (χ2v) is 8.46. The van der Waals surface area contributed by atoms with Gasteiger partial charge in [0.15, 0.2) is 12.4 Å². The van der Waals surface area contributed by atoms with Crippen LogP contribution in [-0.2, 0) is 14.3 Å². The molecule has 144 valence electrons. The van der Waals surface area contributed by atoms with Crippen LogP contribution in [0.2, 0.25) is 0 Å². The van der Waals surface area contributed by atoms with Crippen LogP contribution in [0.5, 0.6) is 0 Å². The Morgan fingerprint density at radius 3 is 2.44 bits per heavy atom. The zero-order valence-corrected chi connectivity index (χ0v) is 17.1. The largest absolute Gasteiger partial charge is 0.456 e. The van der Waals surface area contributed by atoms with E-state index >= 15 is 0 Å². The predicted octanol–water partition coefficient (Wildman–Crippen LogP) is 3.78. The van der Waals surface area contributed by atoms with Gasteiger partial charge in [0.25, 0.3) is 5.91 Å². The van der Waals surface area contributed by atoms with Crippen LogP contribution in [0.15, 0.2) is 41.3 Å².